The van der Waals surface area contributed by atoms with Crippen LogP contribution < -0.4 is 14.2 Å². The van der Waals surface area contributed by atoms with Gasteiger partial charge in [0.25, 0.3) is 10.0 Å². The van der Waals surface area contributed by atoms with E-state index in [1.165, 1.54) is 24.3 Å². The maximum atomic E-state index is 13.9. The Morgan fingerprint density at radius 3 is 2.33 bits per heavy atom. The van der Waals surface area contributed by atoms with Crippen molar-refractivity contribution in [1.82, 2.24) is 9.71 Å². The maximum Gasteiger partial charge on any atom is 0.335 e. The average molecular weight is 549 g/mol. The van der Waals surface area contributed by atoms with Gasteiger partial charge in [-0.3, -0.25) is 4.79 Å². The van der Waals surface area contributed by atoms with E-state index in [4.69, 9.17) is 9.47 Å². The lowest BCUT2D eigenvalue weighted by Crippen LogP contribution is -2.35. The van der Waals surface area contributed by atoms with Gasteiger partial charge in [0.2, 0.25) is 12.7 Å². The first-order chi connectivity index (χ1) is 18.6. The van der Waals surface area contributed by atoms with Crippen molar-refractivity contribution in [1.29, 1.82) is 0 Å². The molecule has 4 aromatic rings. The second-order valence-corrected chi connectivity index (χ2v) is 11.4. The number of fused-ring (bicyclic) bond motifs is 2. The normalized spacial score (nSPS) is 13.5. The van der Waals surface area contributed by atoms with Crippen molar-refractivity contribution in [3.8, 4) is 11.5 Å². The lowest BCUT2D eigenvalue weighted by molar-refractivity contribution is -0.120. The Labute approximate surface area is 225 Å². The minimum absolute atomic E-state index is 0.0249. The number of carbonyl (C=O) groups is 2. The Morgan fingerprint density at radius 2 is 1.67 bits per heavy atom. The van der Waals surface area contributed by atoms with Crippen LogP contribution in [0.2, 0.25) is 0 Å². The summed E-state index contributed by atoms with van der Waals surface area (Å²) in [6.45, 7) is 5.97. The molecule has 1 unspecified atom stereocenters. The first-order valence-electron chi connectivity index (χ1n) is 12.5. The predicted octanol–water partition coefficient (Wildman–Crippen LogP) is 4.92. The highest BCUT2D eigenvalue weighted by atomic mass is 32.2. The van der Waals surface area contributed by atoms with Crippen LogP contribution in [0.25, 0.3) is 10.9 Å². The number of aromatic nitrogens is 1. The van der Waals surface area contributed by atoms with Gasteiger partial charge in [0, 0.05) is 16.6 Å². The zero-order valence-electron chi connectivity index (χ0n) is 21.6. The van der Waals surface area contributed by atoms with Gasteiger partial charge in [0.15, 0.2) is 11.5 Å². The standard InChI is InChI=1S/C29H28N2O7S/c1-4-21-22-11-7-19(29(33)34)13-23(22)30-27(21)26(18-8-12-24-25(14-18)38-15-37-24)28(32)31-39(35,36)20-9-5-17(6-10-20)16(2)3/h5-14,16,26,30H,4,15H2,1-3H3,(H,31,32)(H,33,34). The lowest BCUT2D eigenvalue weighted by Gasteiger charge is -2.19. The Kier molecular flexibility index (Phi) is 6.82. The SMILES string of the molecule is CCc1c(C(C(=O)NS(=O)(=O)c2ccc(C(C)C)cc2)c2ccc3c(c2)OCO3)[nH]c2cc(C(=O)O)ccc12. The van der Waals surface area contributed by atoms with E-state index in [2.05, 4.69) is 9.71 Å². The van der Waals surface area contributed by atoms with Crippen LogP contribution in [0.5, 0.6) is 11.5 Å². The van der Waals surface area contributed by atoms with Crippen LogP contribution in [-0.2, 0) is 21.2 Å². The molecule has 1 aromatic heterocycles. The van der Waals surface area contributed by atoms with Crippen LogP contribution in [-0.4, -0.2) is 37.2 Å². The fraction of sp³-hybridized carbons (Fsp3) is 0.241. The van der Waals surface area contributed by atoms with Gasteiger partial charge in [0.1, 0.15) is 5.92 Å². The minimum atomic E-state index is -4.19. The number of hydrogen-bond acceptors (Lipinski definition) is 6. The van der Waals surface area contributed by atoms with Gasteiger partial charge in [0.05, 0.1) is 10.5 Å². The molecule has 0 fully saturated rings. The zero-order valence-corrected chi connectivity index (χ0v) is 22.5. The number of aromatic carboxylic acids is 1. The molecule has 9 nitrogen and oxygen atoms in total. The van der Waals surface area contributed by atoms with Crippen molar-refractivity contribution in [3.63, 3.8) is 0 Å². The molecule has 1 aliphatic heterocycles. The molecule has 0 spiro atoms. The van der Waals surface area contributed by atoms with Gasteiger partial charge in [-0.2, -0.15) is 0 Å². The van der Waals surface area contributed by atoms with E-state index in [1.807, 2.05) is 20.8 Å². The van der Waals surface area contributed by atoms with Crippen molar-refractivity contribution in [2.75, 3.05) is 6.79 Å². The third-order valence-corrected chi connectivity index (χ3v) is 8.28. The molecule has 0 saturated carbocycles. The molecule has 202 valence electrons. The molecule has 2 heterocycles. The summed E-state index contributed by atoms with van der Waals surface area (Å²) in [5, 5.41) is 10.2. The molecule has 0 radical (unpaired) electrons. The van der Waals surface area contributed by atoms with Crippen LogP contribution in [0, 0.1) is 0 Å². The molecule has 1 aliphatic rings. The smallest absolute Gasteiger partial charge is 0.335 e. The summed E-state index contributed by atoms with van der Waals surface area (Å²) in [6, 6.07) is 16.1. The molecule has 3 aromatic carbocycles. The molecule has 1 atom stereocenters. The average Bonchev–Trinajstić information content (AvgIpc) is 3.52. The molecule has 3 N–H and O–H groups in total. The van der Waals surface area contributed by atoms with Crippen molar-refractivity contribution in [2.45, 2.75) is 43.9 Å². The monoisotopic (exact) mass is 548 g/mol. The topological polar surface area (TPSA) is 135 Å². The highest BCUT2D eigenvalue weighted by Crippen LogP contribution is 2.39. The van der Waals surface area contributed by atoms with Gasteiger partial charge in [-0.05, 0) is 65.4 Å². The number of H-pyrrole nitrogens is 1. The van der Waals surface area contributed by atoms with Crippen LogP contribution in [0.3, 0.4) is 0 Å². The molecular formula is C29H28N2O7S. The molecule has 5 rings (SSSR count). The molecule has 0 aliphatic carbocycles. The number of aromatic amines is 1. The Hall–Kier alpha value is -4.31. The Balaban J connectivity index is 1.61. The Morgan fingerprint density at radius 1 is 0.974 bits per heavy atom. The lowest BCUT2D eigenvalue weighted by atomic mass is 9.91. The third-order valence-electron chi connectivity index (χ3n) is 6.91. The Bertz CT molecular complexity index is 1690. The van der Waals surface area contributed by atoms with E-state index in [-0.39, 0.29) is 23.2 Å². The maximum absolute atomic E-state index is 13.9. The van der Waals surface area contributed by atoms with E-state index in [9.17, 15) is 23.1 Å². The van der Waals surface area contributed by atoms with Gasteiger partial charge in [-0.1, -0.05) is 45.0 Å². The highest BCUT2D eigenvalue weighted by molar-refractivity contribution is 7.90. The number of rotatable bonds is 8. The number of benzene rings is 3. The predicted molar refractivity (Wildman–Crippen MR) is 145 cm³/mol. The van der Waals surface area contributed by atoms with Gasteiger partial charge < -0.3 is 19.6 Å². The molecule has 10 heteroatoms. The number of hydrogen-bond donors (Lipinski definition) is 3. The molecule has 0 saturated heterocycles. The molecule has 0 bridgehead atoms. The van der Waals surface area contributed by atoms with Gasteiger partial charge in [-0.25, -0.2) is 17.9 Å². The van der Waals surface area contributed by atoms with Crippen molar-refractivity contribution in [2.24, 2.45) is 0 Å². The first kappa shape index (κ1) is 26.3. The van der Waals surface area contributed by atoms with E-state index in [0.717, 1.165) is 16.5 Å². The van der Waals surface area contributed by atoms with E-state index in [0.29, 0.717) is 34.7 Å². The number of nitrogens with one attached hydrogen (secondary N) is 2. The van der Waals surface area contributed by atoms with Crippen LogP contribution >= 0.6 is 0 Å². The van der Waals surface area contributed by atoms with Crippen LogP contribution in [0.4, 0.5) is 0 Å². The number of carboxylic acid groups (broad SMARTS) is 1. The van der Waals surface area contributed by atoms with E-state index < -0.39 is 27.8 Å². The minimum Gasteiger partial charge on any atom is -0.478 e. The summed E-state index contributed by atoms with van der Waals surface area (Å²) in [6.07, 6.45) is 0.513. The van der Waals surface area contributed by atoms with Gasteiger partial charge in [-0.15, -0.1) is 0 Å². The summed E-state index contributed by atoms with van der Waals surface area (Å²) in [5.41, 5.74) is 3.34. The molecule has 1 amide bonds. The summed E-state index contributed by atoms with van der Waals surface area (Å²) in [5.74, 6) is -1.72. The van der Waals surface area contributed by atoms with Crippen LogP contribution in [0.1, 0.15) is 65.3 Å². The number of sulfonamides is 1. The zero-order chi connectivity index (χ0) is 27.9. The quantitative estimate of drug-likeness (QED) is 0.285. The van der Waals surface area contributed by atoms with E-state index >= 15 is 0 Å². The summed E-state index contributed by atoms with van der Waals surface area (Å²) in [4.78, 5) is 28.6. The largest absolute Gasteiger partial charge is 0.478 e. The second kappa shape index (κ2) is 10.1. The number of amides is 1. The van der Waals surface area contributed by atoms with E-state index in [1.54, 1.807) is 36.4 Å². The molecule has 39 heavy (non-hydrogen) atoms. The fourth-order valence-corrected chi connectivity index (χ4v) is 5.86. The van der Waals surface area contributed by atoms with Gasteiger partial charge >= 0.3 is 5.97 Å². The number of ether oxygens (including phenoxy) is 2. The molecular weight excluding hydrogens is 520 g/mol. The van der Waals surface area contributed by atoms with Crippen molar-refractivity contribution < 1.29 is 32.6 Å². The number of aryl methyl sites for hydroxylation is 1. The third kappa shape index (κ3) is 4.95. The van der Waals surface area contributed by atoms with Crippen molar-refractivity contribution >= 4 is 32.8 Å². The van der Waals surface area contributed by atoms with Crippen molar-refractivity contribution in [3.05, 3.63) is 88.6 Å². The highest BCUT2D eigenvalue weighted by Gasteiger charge is 2.32. The summed E-state index contributed by atoms with van der Waals surface area (Å²) in [7, 11) is -4.19. The second-order valence-electron chi connectivity index (χ2n) is 9.68. The number of carbonyl (C=O) groups excluding carboxylic acids is 1. The first-order valence-corrected chi connectivity index (χ1v) is 14.0. The number of carboxylic acids is 1. The summed E-state index contributed by atoms with van der Waals surface area (Å²) >= 11 is 0. The summed E-state index contributed by atoms with van der Waals surface area (Å²) < 4.78 is 39.7. The fourth-order valence-electron chi connectivity index (χ4n) is 4.86. The van der Waals surface area contributed by atoms with Crippen LogP contribution in [0.15, 0.2) is 65.6 Å².